The molecule has 0 aliphatic rings. The molecule has 2 atom stereocenters. The number of rotatable bonds is 4. The quantitative estimate of drug-likeness (QED) is 0.748. The molecule has 0 saturated heterocycles. The lowest BCUT2D eigenvalue weighted by Crippen LogP contribution is -2.34. The third-order valence-electron chi connectivity index (χ3n) is 4.40. The van der Waals surface area contributed by atoms with Crippen LogP contribution in [0.3, 0.4) is 0 Å². The number of imidazole rings is 1. The fourth-order valence-corrected chi connectivity index (χ4v) is 2.60. The Morgan fingerprint density at radius 2 is 1.76 bits per heavy atom. The third-order valence-corrected chi connectivity index (χ3v) is 4.40. The first-order valence-corrected chi connectivity index (χ1v) is 8.05. The topological polar surface area (TPSA) is 72.9 Å². The van der Waals surface area contributed by atoms with Crippen LogP contribution in [0.4, 0.5) is 5.69 Å². The highest BCUT2D eigenvalue weighted by atomic mass is 35.5. The Morgan fingerprint density at radius 1 is 1.12 bits per heavy atom. The minimum atomic E-state index is -0.232. The first kappa shape index (κ1) is 19.0. The number of fused-ring (bicyclic) bond motifs is 1. The van der Waals surface area contributed by atoms with Gasteiger partial charge in [0.05, 0.1) is 17.0 Å². The number of amides is 1. The number of benzene rings is 2. The van der Waals surface area contributed by atoms with Gasteiger partial charge in [-0.2, -0.15) is 0 Å². The predicted molar refractivity (Wildman–Crippen MR) is 105 cm³/mol. The zero-order chi connectivity index (χ0) is 17.3. The molecular formula is C19H23ClN4O. The molecule has 1 aromatic heterocycles. The van der Waals surface area contributed by atoms with Crippen molar-refractivity contribution in [3.63, 3.8) is 0 Å². The average Bonchev–Trinajstić information content (AvgIpc) is 2.92. The van der Waals surface area contributed by atoms with Crippen molar-refractivity contribution in [1.82, 2.24) is 9.55 Å². The maximum atomic E-state index is 12.1. The van der Waals surface area contributed by atoms with Gasteiger partial charge in [-0.25, -0.2) is 4.98 Å². The second kappa shape index (κ2) is 7.68. The summed E-state index contributed by atoms with van der Waals surface area (Å²) in [6, 6.07) is 15.6. The van der Waals surface area contributed by atoms with Crippen molar-refractivity contribution in [2.75, 3.05) is 5.32 Å². The van der Waals surface area contributed by atoms with Gasteiger partial charge in [-0.15, -0.1) is 12.4 Å². The van der Waals surface area contributed by atoms with E-state index in [1.54, 1.807) is 0 Å². The molecule has 2 unspecified atom stereocenters. The Morgan fingerprint density at radius 3 is 2.36 bits per heavy atom. The molecular weight excluding hydrogens is 336 g/mol. The van der Waals surface area contributed by atoms with Crippen molar-refractivity contribution < 1.29 is 4.79 Å². The van der Waals surface area contributed by atoms with Crippen LogP contribution in [0, 0.1) is 5.92 Å². The minimum Gasteiger partial charge on any atom is -0.327 e. The fourth-order valence-electron chi connectivity index (χ4n) is 2.60. The Bertz CT molecular complexity index is 871. The van der Waals surface area contributed by atoms with E-state index in [1.807, 2.05) is 63.4 Å². The molecule has 132 valence electrons. The van der Waals surface area contributed by atoms with Crippen molar-refractivity contribution >= 4 is 35.0 Å². The molecule has 25 heavy (non-hydrogen) atoms. The third kappa shape index (κ3) is 3.83. The molecule has 1 heterocycles. The molecule has 3 aromatic rings. The first-order chi connectivity index (χ1) is 11.5. The van der Waals surface area contributed by atoms with Gasteiger partial charge in [0.2, 0.25) is 5.91 Å². The number of halogens is 1. The lowest BCUT2D eigenvalue weighted by Gasteiger charge is -2.15. The fraction of sp³-hybridized carbons (Fsp3) is 0.263. The van der Waals surface area contributed by atoms with Crippen molar-refractivity contribution in [1.29, 1.82) is 0 Å². The lowest BCUT2D eigenvalue weighted by molar-refractivity contribution is -0.119. The van der Waals surface area contributed by atoms with Crippen LogP contribution in [0.2, 0.25) is 0 Å². The summed E-state index contributed by atoms with van der Waals surface area (Å²) in [6.07, 6.45) is 0. The van der Waals surface area contributed by atoms with Gasteiger partial charge < -0.3 is 15.6 Å². The van der Waals surface area contributed by atoms with E-state index in [9.17, 15) is 4.79 Å². The lowest BCUT2D eigenvalue weighted by atomic mass is 10.0. The van der Waals surface area contributed by atoms with E-state index in [1.165, 1.54) is 0 Å². The summed E-state index contributed by atoms with van der Waals surface area (Å²) >= 11 is 0. The minimum absolute atomic E-state index is 0. The monoisotopic (exact) mass is 358 g/mol. The van der Waals surface area contributed by atoms with Crippen LogP contribution in [-0.4, -0.2) is 21.5 Å². The zero-order valence-electron chi connectivity index (χ0n) is 14.6. The number of hydrogen-bond donors (Lipinski definition) is 2. The van der Waals surface area contributed by atoms with Gasteiger partial charge in [0.1, 0.15) is 5.82 Å². The molecule has 1 amide bonds. The van der Waals surface area contributed by atoms with Gasteiger partial charge >= 0.3 is 0 Å². The van der Waals surface area contributed by atoms with Crippen molar-refractivity contribution in [3.8, 4) is 11.4 Å². The van der Waals surface area contributed by atoms with E-state index in [0.29, 0.717) is 0 Å². The normalized spacial score (nSPS) is 13.1. The van der Waals surface area contributed by atoms with E-state index in [0.717, 1.165) is 28.1 Å². The number of hydrogen-bond acceptors (Lipinski definition) is 3. The number of carbonyl (C=O) groups is 1. The number of carbonyl (C=O) groups excluding carboxylic acids is 1. The summed E-state index contributed by atoms with van der Waals surface area (Å²) in [4.78, 5) is 16.8. The molecule has 5 nitrogen and oxygen atoms in total. The number of para-hydroxylation sites is 2. The standard InChI is InChI=1S/C19H22N4O.ClH/c1-12(13(2)20)19(24)21-15-10-8-14(9-11-15)18-22-16-6-4-5-7-17(16)23(18)3;/h4-13H,20H2,1-3H3,(H,21,24);1H. The molecule has 3 rings (SSSR count). The van der Waals surface area contributed by atoms with Crippen LogP contribution in [0.15, 0.2) is 48.5 Å². The molecule has 0 bridgehead atoms. The van der Waals surface area contributed by atoms with Gasteiger partial charge in [-0.1, -0.05) is 19.1 Å². The van der Waals surface area contributed by atoms with E-state index >= 15 is 0 Å². The van der Waals surface area contributed by atoms with E-state index in [4.69, 9.17) is 5.73 Å². The molecule has 0 fully saturated rings. The average molecular weight is 359 g/mol. The molecule has 3 N–H and O–H groups in total. The number of aromatic nitrogens is 2. The van der Waals surface area contributed by atoms with Gasteiger partial charge in [0.25, 0.3) is 0 Å². The summed E-state index contributed by atoms with van der Waals surface area (Å²) in [5.41, 5.74) is 9.60. The van der Waals surface area contributed by atoms with Crippen LogP contribution in [0.25, 0.3) is 22.4 Å². The van der Waals surface area contributed by atoms with Gasteiger partial charge in [0, 0.05) is 24.3 Å². The molecule has 6 heteroatoms. The molecule has 0 aliphatic heterocycles. The number of nitrogens with zero attached hydrogens (tertiary/aromatic N) is 2. The number of anilines is 1. The highest BCUT2D eigenvalue weighted by molar-refractivity contribution is 5.93. The summed E-state index contributed by atoms with van der Waals surface area (Å²) in [5, 5.41) is 2.90. The number of nitrogens with two attached hydrogens (primary N) is 1. The Labute approximate surface area is 153 Å². The van der Waals surface area contributed by atoms with Gasteiger partial charge in [-0.3, -0.25) is 4.79 Å². The zero-order valence-corrected chi connectivity index (χ0v) is 15.4. The van der Waals surface area contributed by atoms with Crippen molar-refractivity contribution in [2.24, 2.45) is 18.7 Å². The van der Waals surface area contributed by atoms with E-state index < -0.39 is 0 Å². The van der Waals surface area contributed by atoms with Gasteiger partial charge in [-0.05, 0) is 43.3 Å². The van der Waals surface area contributed by atoms with Crippen molar-refractivity contribution in [3.05, 3.63) is 48.5 Å². The maximum absolute atomic E-state index is 12.1. The Kier molecular flexibility index (Phi) is 5.82. The smallest absolute Gasteiger partial charge is 0.228 e. The Balaban J connectivity index is 0.00000225. The van der Waals surface area contributed by atoms with E-state index in [-0.39, 0.29) is 30.3 Å². The molecule has 0 radical (unpaired) electrons. The molecule has 2 aromatic carbocycles. The second-order valence-corrected chi connectivity index (χ2v) is 6.20. The van der Waals surface area contributed by atoms with E-state index in [2.05, 4.69) is 20.9 Å². The predicted octanol–water partition coefficient (Wildman–Crippen LogP) is 3.58. The number of nitrogens with one attached hydrogen (secondary N) is 1. The second-order valence-electron chi connectivity index (χ2n) is 6.20. The van der Waals surface area contributed by atoms with Crippen LogP contribution in [0.1, 0.15) is 13.8 Å². The molecule has 0 saturated carbocycles. The molecule has 0 spiro atoms. The highest BCUT2D eigenvalue weighted by Gasteiger charge is 2.17. The highest BCUT2D eigenvalue weighted by Crippen LogP contribution is 2.24. The SMILES string of the molecule is CC(N)C(C)C(=O)Nc1ccc(-c2nc3ccccc3n2C)cc1.Cl. The Hall–Kier alpha value is -2.37. The summed E-state index contributed by atoms with van der Waals surface area (Å²) in [6.45, 7) is 3.66. The van der Waals surface area contributed by atoms with Crippen molar-refractivity contribution in [2.45, 2.75) is 19.9 Å². The number of aryl methyl sites for hydroxylation is 1. The summed E-state index contributed by atoms with van der Waals surface area (Å²) in [7, 11) is 2.00. The largest absolute Gasteiger partial charge is 0.327 e. The van der Waals surface area contributed by atoms with Gasteiger partial charge in [0.15, 0.2) is 0 Å². The summed E-state index contributed by atoms with van der Waals surface area (Å²) < 4.78 is 2.07. The molecule has 0 aliphatic carbocycles. The first-order valence-electron chi connectivity index (χ1n) is 8.05. The summed E-state index contributed by atoms with van der Waals surface area (Å²) in [5.74, 6) is 0.600. The van der Waals surface area contributed by atoms with Crippen LogP contribution < -0.4 is 11.1 Å². The van der Waals surface area contributed by atoms with Crippen LogP contribution >= 0.6 is 12.4 Å². The van der Waals surface area contributed by atoms with Crippen LogP contribution in [0.5, 0.6) is 0 Å². The maximum Gasteiger partial charge on any atom is 0.228 e. The van der Waals surface area contributed by atoms with Crippen LogP contribution in [-0.2, 0) is 11.8 Å².